The number of nitrogens with zero attached hydrogens (tertiary/aromatic N) is 3. The molecule has 1 saturated heterocycles. The van der Waals surface area contributed by atoms with Gasteiger partial charge in [0.15, 0.2) is 0 Å². The van der Waals surface area contributed by atoms with Gasteiger partial charge in [0, 0.05) is 37.0 Å². The van der Waals surface area contributed by atoms with Crippen molar-refractivity contribution in [3.8, 4) is 5.69 Å². The van der Waals surface area contributed by atoms with Gasteiger partial charge in [0.1, 0.15) is 5.82 Å². The van der Waals surface area contributed by atoms with E-state index in [9.17, 15) is 4.79 Å². The van der Waals surface area contributed by atoms with E-state index in [0.717, 1.165) is 63.7 Å². The van der Waals surface area contributed by atoms with Crippen LogP contribution in [-0.4, -0.2) is 66.8 Å². The molecule has 2 heterocycles. The van der Waals surface area contributed by atoms with E-state index in [2.05, 4.69) is 79.6 Å². The Balaban J connectivity index is 1.23. The molecule has 3 aromatic rings. The zero-order valence-electron chi connectivity index (χ0n) is 24.3. The van der Waals surface area contributed by atoms with Crippen molar-refractivity contribution in [1.82, 2.24) is 20.0 Å². The van der Waals surface area contributed by atoms with Crippen molar-refractivity contribution in [1.29, 1.82) is 0 Å². The Kier molecular flexibility index (Phi) is 8.88. The number of fused-ring (bicyclic) bond motifs is 1. The number of aryl methyl sites for hydroxylation is 1. The Hall–Kier alpha value is -3.20. The van der Waals surface area contributed by atoms with E-state index < -0.39 is 0 Å². The number of benzene rings is 2. The average Bonchev–Trinajstić information content (AvgIpc) is 3.37. The van der Waals surface area contributed by atoms with Gasteiger partial charge in [-0.05, 0) is 43.0 Å². The molecule has 5 rings (SSSR count). The summed E-state index contributed by atoms with van der Waals surface area (Å²) in [4.78, 5) is 15.7. The van der Waals surface area contributed by atoms with Crippen LogP contribution in [0, 0.1) is 6.92 Å². The zero-order chi connectivity index (χ0) is 28.1. The van der Waals surface area contributed by atoms with Gasteiger partial charge in [-0.1, -0.05) is 62.7 Å². The maximum Gasteiger partial charge on any atom is 0.320 e. The number of rotatable bonds is 8. The summed E-state index contributed by atoms with van der Waals surface area (Å²) in [6.45, 7) is 14.4. The van der Waals surface area contributed by atoms with Gasteiger partial charge >= 0.3 is 6.03 Å². The molecule has 1 aromatic heterocycles. The maximum absolute atomic E-state index is 13.3. The van der Waals surface area contributed by atoms with E-state index in [1.807, 2.05) is 22.9 Å². The fourth-order valence-corrected chi connectivity index (χ4v) is 5.48. The summed E-state index contributed by atoms with van der Waals surface area (Å²) >= 11 is 0. The first kappa shape index (κ1) is 28.3. The lowest BCUT2D eigenvalue weighted by atomic mass is 9.80. The van der Waals surface area contributed by atoms with Crippen molar-refractivity contribution in [2.75, 3.05) is 51.4 Å². The summed E-state index contributed by atoms with van der Waals surface area (Å²) in [6.07, 6.45) is 1.83. The van der Waals surface area contributed by atoms with Crippen LogP contribution in [0.2, 0.25) is 0 Å². The lowest BCUT2D eigenvalue weighted by molar-refractivity contribution is 0.0181. The molecule has 8 heteroatoms. The highest BCUT2D eigenvalue weighted by Crippen LogP contribution is 2.37. The number of urea groups is 1. The molecule has 8 nitrogen and oxygen atoms in total. The number of carbonyl (C=O) groups is 1. The predicted molar refractivity (Wildman–Crippen MR) is 158 cm³/mol. The quantitative estimate of drug-likeness (QED) is 0.362. The molecule has 2 unspecified atom stereocenters. The summed E-state index contributed by atoms with van der Waals surface area (Å²) in [5.74, 6) is 0.987. The highest BCUT2D eigenvalue weighted by molar-refractivity contribution is 5.89. The lowest BCUT2D eigenvalue weighted by Gasteiger charge is -2.32. The summed E-state index contributed by atoms with van der Waals surface area (Å²) in [6, 6.07) is 18.3. The van der Waals surface area contributed by atoms with Gasteiger partial charge in [0.05, 0.1) is 43.9 Å². The third kappa shape index (κ3) is 6.92. The van der Waals surface area contributed by atoms with Crippen LogP contribution in [0.3, 0.4) is 0 Å². The topological polar surface area (TPSA) is 80.7 Å². The van der Waals surface area contributed by atoms with Gasteiger partial charge in [-0.2, -0.15) is 5.10 Å². The van der Waals surface area contributed by atoms with Crippen molar-refractivity contribution in [3.05, 3.63) is 77.0 Å². The predicted octanol–water partition coefficient (Wildman–Crippen LogP) is 5.57. The van der Waals surface area contributed by atoms with Crippen LogP contribution >= 0.6 is 0 Å². The number of amides is 2. The van der Waals surface area contributed by atoms with Crippen LogP contribution < -0.4 is 10.6 Å². The fraction of sp³-hybridized carbons (Fsp3) is 0.500. The van der Waals surface area contributed by atoms with Gasteiger partial charge in [-0.3, -0.25) is 10.2 Å². The van der Waals surface area contributed by atoms with Gasteiger partial charge in [-0.15, -0.1) is 0 Å². The van der Waals surface area contributed by atoms with E-state index in [0.29, 0.717) is 18.3 Å². The lowest BCUT2D eigenvalue weighted by Crippen LogP contribution is -2.38. The van der Waals surface area contributed by atoms with E-state index in [1.54, 1.807) is 0 Å². The molecule has 1 aliphatic carbocycles. The number of hydrogen-bond acceptors (Lipinski definition) is 5. The van der Waals surface area contributed by atoms with E-state index in [-0.39, 0.29) is 17.5 Å². The molecule has 2 atom stereocenters. The zero-order valence-corrected chi connectivity index (χ0v) is 24.3. The summed E-state index contributed by atoms with van der Waals surface area (Å²) < 4.78 is 13.4. The molecule has 2 aromatic carbocycles. The highest BCUT2D eigenvalue weighted by Gasteiger charge is 2.29. The number of aromatic nitrogens is 2. The maximum atomic E-state index is 13.3. The van der Waals surface area contributed by atoms with Crippen molar-refractivity contribution >= 4 is 11.8 Å². The molecular weight excluding hydrogens is 502 g/mol. The molecule has 2 aliphatic rings. The van der Waals surface area contributed by atoms with Gasteiger partial charge < -0.3 is 14.8 Å². The summed E-state index contributed by atoms with van der Waals surface area (Å²) in [7, 11) is 0. The third-order valence-corrected chi connectivity index (χ3v) is 7.89. The number of carbonyl (C=O) groups excluding carboxylic acids is 1. The van der Waals surface area contributed by atoms with Crippen molar-refractivity contribution < 1.29 is 14.3 Å². The van der Waals surface area contributed by atoms with Crippen molar-refractivity contribution in [2.45, 2.75) is 57.9 Å². The van der Waals surface area contributed by atoms with E-state index in [1.165, 1.54) is 16.7 Å². The number of anilines is 1. The van der Waals surface area contributed by atoms with Crippen LogP contribution in [0.1, 0.15) is 68.0 Å². The van der Waals surface area contributed by atoms with Crippen LogP contribution in [0.25, 0.3) is 5.69 Å². The second-order valence-corrected chi connectivity index (χ2v) is 12.0. The summed E-state index contributed by atoms with van der Waals surface area (Å²) in [5, 5.41) is 11.2. The number of hydrogen-bond donors (Lipinski definition) is 2. The first-order chi connectivity index (χ1) is 19.3. The molecule has 0 radical (unpaired) electrons. The normalized spacial score (nSPS) is 19.7. The smallest absolute Gasteiger partial charge is 0.320 e. The molecular formula is C32H43N5O3. The summed E-state index contributed by atoms with van der Waals surface area (Å²) in [5.41, 5.74) is 5.30. The second kappa shape index (κ2) is 12.5. The van der Waals surface area contributed by atoms with Crippen LogP contribution in [0.5, 0.6) is 0 Å². The van der Waals surface area contributed by atoms with Crippen LogP contribution in [0.4, 0.5) is 10.6 Å². The van der Waals surface area contributed by atoms with Crippen molar-refractivity contribution in [2.24, 2.45) is 0 Å². The van der Waals surface area contributed by atoms with Crippen LogP contribution in [-0.2, 0) is 14.9 Å². The van der Waals surface area contributed by atoms with Crippen LogP contribution in [0.15, 0.2) is 54.6 Å². The molecule has 214 valence electrons. The Morgan fingerprint density at radius 3 is 2.50 bits per heavy atom. The first-order valence-electron chi connectivity index (χ1n) is 14.5. The Labute approximate surface area is 238 Å². The molecule has 0 spiro atoms. The Bertz CT molecular complexity index is 1270. The molecule has 2 amide bonds. The molecule has 1 aliphatic heterocycles. The molecule has 1 fully saturated rings. The fourth-order valence-electron chi connectivity index (χ4n) is 5.48. The first-order valence-corrected chi connectivity index (χ1v) is 14.5. The largest absolute Gasteiger partial charge is 0.379 e. The minimum absolute atomic E-state index is 0.0568. The van der Waals surface area contributed by atoms with Gasteiger partial charge in [0.2, 0.25) is 0 Å². The van der Waals surface area contributed by atoms with Gasteiger partial charge in [0.25, 0.3) is 0 Å². The minimum atomic E-state index is -0.228. The molecule has 0 bridgehead atoms. The monoisotopic (exact) mass is 545 g/mol. The van der Waals surface area contributed by atoms with E-state index in [4.69, 9.17) is 14.6 Å². The number of ether oxygens (including phenoxy) is 2. The SMILES string of the molecule is Cc1ccc(-n2nc(C(C)(C)C)cc2NC(=O)NC2CCC(COCCN3CCOCC3)c3ccccc32)cc1. The Morgan fingerprint density at radius 2 is 1.77 bits per heavy atom. The molecule has 40 heavy (non-hydrogen) atoms. The Morgan fingerprint density at radius 1 is 1.05 bits per heavy atom. The number of nitrogens with one attached hydrogen (secondary N) is 2. The highest BCUT2D eigenvalue weighted by atomic mass is 16.5. The minimum Gasteiger partial charge on any atom is -0.379 e. The van der Waals surface area contributed by atoms with E-state index >= 15 is 0 Å². The molecule has 0 saturated carbocycles. The molecule has 2 N–H and O–H groups in total. The second-order valence-electron chi connectivity index (χ2n) is 12.0. The average molecular weight is 546 g/mol. The standard InChI is InChI=1S/C32H43N5O3/c1-23-9-12-25(13-10-23)37-30(21-29(35-37)32(2,3)4)34-31(38)33-28-14-11-24(26-7-5-6-8-27(26)28)22-40-20-17-36-15-18-39-19-16-36/h5-10,12-13,21,24,28H,11,14-20,22H2,1-4H3,(H2,33,34,38). The number of morpholine rings is 1. The van der Waals surface area contributed by atoms with Crippen molar-refractivity contribution in [3.63, 3.8) is 0 Å². The van der Waals surface area contributed by atoms with Gasteiger partial charge in [-0.25, -0.2) is 9.48 Å². The third-order valence-electron chi connectivity index (χ3n) is 7.89.